The maximum absolute atomic E-state index is 12.3. The van der Waals surface area contributed by atoms with Crippen LogP contribution in [-0.2, 0) is 9.59 Å². The highest BCUT2D eigenvalue weighted by Gasteiger charge is 2.30. The molecule has 8 heteroatoms. The molecule has 1 saturated carbocycles. The molecule has 1 amide bonds. The minimum Gasteiger partial charge on any atom is -0.481 e. The van der Waals surface area contributed by atoms with Gasteiger partial charge in [0, 0.05) is 5.92 Å². The number of amides is 1. The molecule has 0 radical (unpaired) electrons. The number of nitrogens with zero attached hydrogens (tertiary/aromatic N) is 1. The molecule has 0 bridgehead atoms. The molecular formula is C16H16N2O5S. The van der Waals surface area contributed by atoms with E-state index in [4.69, 9.17) is 10.2 Å². The number of benzene rings is 1. The second-order valence-electron chi connectivity index (χ2n) is 5.88. The Hall–Kier alpha value is -2.48. The number of fused-ring (bicyclic) bond motifs is 1. The first-order chi connectivity index (χ1) is 11.4. The molecule has 0 unspecified atom stereocenters. The number of aliphatic carboxylic acids is 1. The molecule has 24 heavy (non-hydrogen) atoms. The van der Waals surface area contributed by atoms with E-state index in [-0.39, 0.29) is 23.3 Å². The highest BCUT2D eigenvalue weighted by Crippen LogP contribution is 2.31. The Bertz CT molecular complexity index is 808. The number of aromatic nitrogens is 1. The largest absolute Gasteiger partial charge is 0.481 e. The van der Waals surface area contributed by atoms with Crippen molar-refractivity contribution in [3.63, 3.8) is 0 Å². The van der Waals surface area contributed by atoms with Crippen molar-refractivity contribution < 1.29 is 24.6 Å². The summed E-state index contributed by atoms with van der Waals surface area (Å²) in [4.78, 5) is 38.5. The molecule has 1 aliphatic rings. The number of hydrogen-bond donors (Lipinski definition) is 3. The number of thiazole rings is 1. The zero-order valence-corrected chi connectivity index (χ0v) is 13.5. The van der Waals surface area contributed by atoms with Gasteiger partial charge < -0.3 is 15.5 Å². The van der Waals surface area contributed by atoms with Gasteiger partial charge in [-0.25, -0.2) is 9.78 Å². The highest BCUT2D eigenvalue weighted by atomic mass is 32.1. The third kappa shape index (κ3) is 3.38. The van der Waals surface area contributed by atoms with E-state index in [0.717, 1.165) is 0 Å². The summed E-state index contributed by atoms with van der Waals surface area (Å²) in [6.45, 7) is 0. The lowest BCUT2D eigenvalue weighted by atomic mass is 9.81. The fourth-order valence-electron chi connectivity index (χ4n) is 2.92. The van der Waals surface area contributed by atoms with Crippen molar-refractivity contribution in [1.82, 2.24) is 4.98 Å². The molecule has 0 aliphatic heterocycles. The average Bonchev–Trinajstić information content (AvgIpc) is 2.96. The second-order valence-corrected chi connectivity index (χ2v) is 6.91. The number of nitrogens with one attached hydrogen (secondary N) is 1. The minimum atomic E-state index is -1.01. The normalized spacial score (nSPS) is 20.7. The third-order valence-electron chi connectivity index (χ3n) is 4.31. The molecular weight excluding hydrogens is 332 g/mol. The van der Waals surface area contributed by atoms with Crippen LogP contribution in [0.1, 0.15) is 36.0 Å². The third-order valence-corrected chi connectivity index (χ3v) is 5.25. The number of carbonyl (C=O) groups is 3. The van der Waals surface area contributed by atoms with Crippen LogP contribution < -0.4 is 5.32 Å². The van der Waals surface area contributed by atoms with Crippen LogP contribution in [-0.4, -0.2) is 33.0 Å². The van der Waals surface area contributed by atoms with E-state index in [1.54, 1.807) is 6.07 Å². The first-order valence-corrected chi connectivity index (χ1v) is 8.43. The second kappa shape index (κ2) is 6.56. The van der Waals surface area contributed by atoms with Gasteiger partial charge in [-0.05, 0) is 43.9 Å². The summed E-state index contributed by atoms with van der Waals surface area (Å²) in [7, 11) is 0. The van der Waals surface area contributed by atoms with Crippen molar-refractivity contribution >= 4 is 44.5 Å². The molecule has 0 atom stereocenters. The van der Waals surface area contributed by atoms with Crippen molar-refractivity contribution in [2.45, 2.75) is 25.7 Å². The van der Waals surface area contributed by atoms with Crippen molar-refractivity contribution in [3.05, 3.63) is 23.8 Å². The predicted octanol–water partition coefficient (Wildman–Crippen LogP) is 2.82. The number of carboxylic acids is 2. The zero-order chi connectivity index (χ0) is 17.3. The maximum atomic E-state index is 12.3. The van der Waals surface area contributed by atoms with Crippen LogP contribution in [0.15, 0.2) is 18.2 Å². The Balaban J connectivity index is 1.67. The number of carbonyl (C=O) groups excluding carboxylic acids is 1. The van der Waals surface area contributed by atoms with Gasteiger partial charge in [-0.15, -0.1) is 0 Å². The fourth-order valence-corrected chi connectivity index (χ4v) is 3.83. The van der Waals surface area contributed by atoms with Gasteiger partial charge in [0.05, 0.1) is 21.7 Å². The molecule has 3 N–H and O–H groups in total. The van der Waals surface area contributed by atoms with E-state index >= 15 is 0 Å². The lowest BCUT2D eigenvalue weighted by molar-refractivity contribution is -0.143. The molecule has 2 aromatic rings. The standard InChI is InChI=1S/C16H16N2O5S/c19-13(8-1-3-9(4-2-8)14(20)21)18-16-17-11-6-5-10(15(22)23)7-12(11)24-16/h5-9H,1-4H2,(H,20,21)(H,22,23)(H,17,18,19). The smallest absolute Gasteiger partial charge is 0.335 e. The van der Waals surface area contributed by atoms with E-state index in [1.807, 2.05) is 0 Å². The molecule has 3 rings (SSSR count). The number of hydrogen-bond acceptors (Lipinski definition) is 5. The topological polar surface area (TPSA) is 117 Å². The number of carboxylic acid groups (broad SMARTS) is 2. The van der Waals surface area contributed by atoms with Gasteiger partial charge in [0.15, 0.2) is 5.13 Å². The number of rotatable bonds is 4. The molecule has 126 valence electrons. The first kappa shape index (κ1) is 16.4. The zero-order valence-electron chi connectivity index (χ0n) is 12.7. The van der Waals surface area contributed by atoms with E-state index in [0.29, 0.717) is 41.0 Å². The van der Waals surface area contributed by atoms with Crippen LogP contribution in [0, 0.1) is 11.8 Å². The summed E-state index contributed by atoms with van der Waals surface area (Å²) in [6.07, 6.45) is 2.12. The van der Waals surface area contributed by atoms with E-state index in [2.05, 4.69) is 10.3 Å². The molecule has 1 fully saturated rings. The Morgan fingerprint density at radius 3 is 2.38 bits per heavy atom. The molecule has 1 aliphatic carbocycles. The molecule has 0 saturated heterocycles. The lowest BCUT2D eigenvalue weighted by Gasteiger charge is -2.24. The van der Waals surface area contributed by atoms with Crippen LogP contribution in [0.5, 0.6) is 0 Å². The van der Waals surface area contributed by atoms with Crippen LogP contribution in [0.2, 0.25) is 0 Å². The van der Waals surface area contributed by atoms with Crippen molar-refractivity contribution in [1.29, 1.82) is 0 Å². The van der Waals surface area contributed by atoms with Gasteiger partial charge in [-0.2, -0.15) is 0 Å². The van der Waals surface area contributed by atoms with Crippen molar-refractivity contribution in [2.24, 2.45) is 11.8 Å². The van der Waals surface area contributed by atoms with Gasteiger partial charge in [-0.3, -0.25) is 9.59 Å². The highest BCUT2D eigenvalue weighted by molar-refractivity contribution is 7.22. The van der Waals surface area contributed by atoms with E-state index in [9.17, 15) is 14.4 Å². The summed E-state index contributed by atoms with van der Waals surface area (Å²) < 4.78 is 0.694. The van der Waals surface area contributed by atoms with Gasteiger partial charge in [0.2, 0.25) is 5.91 Å². The Morgan fingerprint density at radius 2 is 1.75 bits per heavy atom. The SMILES string of the molecule is O=C(O)c1ccc2nc(NC(=O)C3CCC(C(=O)O)CC3)sc2c1. The van der Waals surface area contributed by atoms with Crippen LogP contribution >= 0.6 is 11.3 Å². The summed E-state index contributed by atoms with van der Waals surface area (Å²) in [5.74, 6) is -2.52. The predicted molar refractivity (Wildman–Crippen MR) is 88.3 cm³/mol. The molecule has 1 aromatic carbocycles. The summed E-state index contributed by atoms with van der Waals surface area (Å²) in [5, 5.41) is 21.2. The monoisotopic (exact) mass is 348 g/mol. The van der Waals surface area contributed by atoms with Gasteiger partial charge in [0.25, 0.3) is 0 Å². The van der Waals surface area contributed by atoms with E-state index < -0.39 is 11.9 Å². The average molecular weight is 348 g/mol. The first-order valence-electron chi connectivity index (χ1n) is 7.61. The molecule has 0 spiro atoms. The van der Waals surface area contributed by atoms with Crippen molar-refractivity contribution in [2.75, 3.05) is 5.32 Å². The van der Waals surface area contributed by atoms with Gasteiger partial charge in [0.1, 0.15) is 0 Å². The Labute approximate surface area is 141 Å². The van der Waals surface area contributed by atoms with Crippen LogP contribution in [0.4, 0.5) is 5.13 Å². The van der Waals surface area contributed by atoms with Gasteiger partial charge in [-0.1, -0.05) is 11.3 Å². The van der Waals surface area contributed by atoms with Crippen LogP contribution in [0.3, 0.4) is 0 Å². The van der Waals surface area contributed by atoms with Crippen LogP contribution in [0.25, 0.3) is 10.2 Å². The molecule has 1 aromatic heterocycles. The summed E-state index contributed by atoms with van der Waals surface area (Å²) in [6, 6.07) is 4.62. The Morgan fingerprint density at radius 1 is 1.08 bits per heavy atom. The Kier molecular flexibility index (Phi) is 4.48. The quantitative estimate of drug-likeness (QED) is 0.782. The number of anilines is 1. The van der Waals surface area contributed by atoms with Gasteiger partial charge >= 0.3 is 11.9 Å². The molecule has 7 nitrogen and oxygen atoms in total. The number of aromatic carboxylic acids is 1. The van der Waals surface area contributed by atoms with Crippen molar-refractivity contribution in [3.8, 4) is 0 Å². The summed E-state index contributed by atoms with van der Waals surface area (Å²) >= 11 is 1.23. The minimum absolute atomic E-state index is 0.156. The lowest BCUT2D eigenvalue weighted by Crippen LogP contribution is -2.29. The van der Waals surface area contributed by atoms with E-state index in [1.165, 1.54) is 23.5 Å². The maximum Gasteiger partial charge on any atom is 0.335 e. The molecule has 1 heterocycles. The fraction of sp³-hybridized carbons (Fsp3) is 0.375. The summed E-state index contributed by atoms with van der Waals surface area (Å²) in [5.41, 5.74) is 0.811.